The van der Waals surface area contributed by atoms with Crippen LogP contribution in [0, 0.1) is 0 Å². The number of hydrogen-bond acceptors (Lipinski definition) is 5. The van der Waals surface area contributed by atoms with Crippen molar-refractivity contribution < 1.29 is 4.79 Å². The number of hydrogen-bond donors (Lipinski definition) is 4. The third-order valence-corrected chi connectivity index (χ3v) is 8.93. The molecular formula is C31H68N4OSi. The second kappa shape index (κ2) is 30.3. The van der Waals surface area contributed by atoms with Gasteiger partial charge in [-0.25, -0.2) is 0 Å². The molecule has 0 spiro atoms. The summed E-state index contributed by atoms with van der Waals surface area (Å²) in [5.41, 5.74) is 0. The minimum Gasteiger partial charge on any atom is -0.317 e. The lowest BCUT2D eigenvalue weighted by molar-refractivity contribution is -0.107. The largest absolute Gasteiger partial charge is 0.317 e. The van der Waals surface area contributed by atoms with E-state index in [0.717, 1.165) is 51.7 Å². The van der Waals surface area contributed by atoms with Crippen molar-refractivity contribution in [3.8, 4) is 0 Å². The number of rotatable bonds is 32. The molecule has 37 heavy (non-hydrogen) atoms. The second-order valence-electron chi connectivity index (χ2n) is 12.3. The highest BCUT2D eigenvalue weighted by atomic mass is 28.3. The van der Waals surface area contributed by atoms with Crippen LogP contribution in [0.5, 0.6) is 0 Å². The highest BCUT2D eigenvalue weighted by molar-refractivity contribution is 6.76. The molecule has 0 heterocycles. The summed E-state index contributed by atoms with van der Waals surface area (Å²) in [6.07, 6.45) is 24.3. The molecule has 0 rings (SSSR count). The Morgan fingerprint density at radius 2 is 0.703 bits per heavy atom. The summed E-state index contributed by atoms with van der Waals surface area (Å²) < 4.78 is 0. The van der Waals surface area contributed by atoms with Gasteiger partial charge >= 0.3 is 0 Å². The maximum atomic E-state index is 10.3. The Kier molecular flexibility index (Phi) is 30.0. The van der Waals surface area contributed by atoms with Crippen LogP contribution in [-0.4, -0.2) is 66.7 Å². The smallest absolute Gasteiger partial charge is 0.119 e. The van der Waals surface area contributed by atoms with Gasteiger partial charge in [-0.3, -0.25) is 0 Å². The van der Waals surface area contributed by atoms with Crippen LogP contribution in [0.1, 0.15) is 116 Å². The summed E-state index contributed by atoms with van der Waals surface area (Å²) in [7, 11) is -0.844. The summed E-state index contributed by atoms with van der Waals surface area (Å²) >= 11 is 0. The highest BCUT2D eigenvalue weighted by Crippen LogP contribution is 2.11. The van der Waals surface area contributed by atoms with E-state index in [1.807, 2.05) is 0 Å². The molecule has 0 aromatic carbocycles. The predicted octanol–water partition coefficient (Wildman–Crippen LogP) is 6.90. The van der Waals surface area contributed by atoms with Gasteiger partial charge in [-0.05, 0) is 104 Å². The van der Waals surface area contributed by atoms with Crippen LogP contribution in [-0.2, 0) is 4.79 Å². The van der Waals surface area contributed by atoms with Crippen molar-refractivity contribution in [1.82, 2.24) is 21.3 Å². The van der Waals surface area contributed by atoms with Gasteiger partial charge in [0.15, 0.2) is 0 Å². The zero-order valence-electron chi connectivity index (χ0n) is 25.6. The fourth-order valence-corrected chi connectivity index (χ4v) is 5.89. The van der Waals surface area contributed by atoms with E-state index >= 15 is 0 Å². The fraction of sp³-hybridized carbons (Fsp3) is 0.968. The highest BCUT2D eigenvalue weighted by Gasteiger charge is 2.11. The van der Waals surface area contributed by atoms with Crippen LogP contribution in [0.15, 0.2) is 0 Å². The Morgan fingerprint density at radius 1 is 0.405 bits per heavy atom. The van der Waals surface area contributed by atoms with Crippen molar-refractivity contribution >= 4 is 14.4 Å². The molecule has 0 saturated carbocycles. The third-order valence-electron chi connectivity index (χ3n) is 7.08. The van der Waals surface area contributed by atoms with E-state index in [0.29, 0.717) is 0 Å². The van der Waals surface area contributed by atoms with Gasteiger partial charge in [0.05, 0.1) is 0 Å². The number of aldehydes is 1. The Morgan fingerprint density at radius 3 is 1.08 bits per heavy atom. The van der Waals surface area contributed by atoms with Gasteiger partial charge in [-0.15, -0.1) is 0 Å². The topological polar surface area (TPSA) is 65.2 Å². The van der Waals surface area contributed by atoms with E-state index in [1.165, 1.54) is 129 Å². The van der Waals surface area contributed by atoms with Gasteiger partial charge in [0.1, 0.15) is 6.29 Å². The maximum absolute atomic E-state index is 10.3. The molecule has 6 heteroatoms. The lowest BCUT2D eigenvalue weighted by Crippen LogP contribution is -2.25. The number of unbranched alkanes of at least 4 members (excludes halogenated alkanes) is 13. The molecule has 5 nitrogen and oxygen atoms in total. The van der Waals surface area contributed by atoms with Crippen LogP contribution in [0.3, 0.4) is 0 Å². The summed E-state index contributed by atoms with van der Waals surface area (Å²) in [5.74, 6) is 0. The normalized spacial score (nSPS) is 11.9. The SMILES string of the molecule is C[Si](C)(C)CCCNCCCNCCCCCNCCCCCCCCCCCCNCCCCC=O. The molecule has 0 radical (unpaired) electrons. The molecule has 222 valence electrons. The molecule has 0 bridgehead atoms. The minimum absolute atomic E-state index is 0.717. The van der Waals surface area contributed by atoms with Crippen molar-refractivity contribution in [2.45, 2.75) is 141 Å². The molecule has 0 aliphatic rings. The Balaban J connectivity index is 3.04. The molecular weight excluding hydrogens is 472 g/mol. The maximum Gasteiger partial charge on any atom is 0.119 e. The van der Waals surface area contributed by atoms with Crippen LogP contribution in [0.2, 0.25) is 25.7 Å². The molecule has 4 N–H and O–H groups in total. The molecule has 0 aliphatic heterocycles. The van der Waals surface area contributed by atoms with Gasteiger partial charge in [0.2, 0.25) is 0 Å². The summed E-state index contributed by atoms with van der Waals surface area (Å²) in [4.78, 5) is 10.3. The van der Waals surface area contributed by atoms with Crippen molar-refractivity contribution in [3.63, 3.8) is 0 Å². The van der Waals surface area contributed by atoms with E-state index in [9.17, 15) is 4.79 Å². The van der Waals surface area contributed by atoms with Crippen LogP contribution in [0.4, 0.5) is 0 Å². The molecule has 0 saturated heterocycles. The average Bonchev–Trinajstić information content (AvgIpc) is 2.86. The first kappa shape index (κ1) is 36.7. The lowest BCUT2D eigenvalue weighted by atomic mass is 10.1. The van der Waals surface area contributed by atoms with Gasteiger partial charge in [0.25, 0.3) is 0 Å². The van der Waals surface area contributed by atoms with Crippen molar-refractivity contribution in [1.29, 1.82) is 0 Å². The molecule has 0 fully saturated rings. The summed E-state index contributed by atoms with van der Waals surface area (Å²) in [6.45, 7) is 16.7. The Hall–Kier alpha value is -0.273. The average molecular weight is 541 g/mol. The summed E-state index contributed by atoms with van der Waals surface area (Å²) in [6, 6.07) is 1.44. The quantitative estimate of drug-likeness (QED) is 0.0424. The van der Waals surface area contributed by atoms with Crippen LogP contribution < -0.4 is 21.3 Å². The molecule has 0 atom stereocenters. The van der Waals surface area contributed by atoms with E-state index in [4.69, 9.17) is 0 Å². The molecule has 0 aromatic rings. The van der Waals surface area contributed by atoms with Crippen LogP contribution >= 0.6 is 0 Å². The van der Waals surface area contributed by atoms with Crippen molar-refractivity contribution in [3.05, 3.63) is 0 Å². The fourth-order valence-electron chi connectivity index (χ4n) is 4.65. The van der Waals surface area contributed by atoms with Gasteiger partial charge < -0.3 is 26.1 Å². The first-order valence-electron chi connectivity index (χ1n) is 16.3. The van der Waals surface area contributed by atoms with Crippen molar-refractivity contribution in [2.24, 2.45) is 0 Å². The summed E-state index contributed by atoms with van der Waals surface area (Å²) in [5, 5.41) is 14.3. The van der Waals surface area contributed by atoms with Crippen LogP contribution in [0.25, 0.3) is 0 Å². The van der Waals surface area contributed by atoms with E-state index < -0.39 is 8.07 Å². The Bertz CT molecular complexity index is 445. The first-order valence-corrected chi connectivity index (χ1v) is 20.0. The zero-order valence-corrected chi connectivity index (χ0v) is 26.6. The third kappa shape index (κ3) is 35.7. The number of carbonyl (C=O) groups excluding carboxylic acids is 1. The first-order chi connectivity index (χ1) is 18.1. The van der Waals surface area contributed by atoms with Gasteiger partial charge in [0, 0.05) is 14.5 Å². The monoisotopic (exact) mass is 541 g/mol. The second-order valence-corrected chi connectivity index (χ2v) is 17.9. The molecule has 0 aliphatic carbocycles. The van der Waals surface area contributed by atoms with Crippen molar-refractivity contribution in [2.75, 3.05) is 52.4 Å². The van der Waals surface area contributed by atoms with E-state index in [2.05, 4.69) is 40.9 Å². The predicted molar refractivity (Wildman–Crippen MR) is 169 cm³/mol. The lowest BCUT2D eigenvalue weighted by Gasteiger charge is -2.15. The molecule has 0 amide bonds. The van der Waals surface area contributed by atoms with Gasteiger partial charge in [-0.1, -0.05) is 83.5 Å². The molecule has 0 aromatic heterocycles. The zero-order chi connectivity index (χ0) is 27.1. The number of nitrogens with one attached hydrogen (secondary N) is 4. The minimum atomic E-state index is -0.844. The standard InChI is InChI=1S/C31H68N4OSi/c1-37(2,3)31-21-29-35-28-20-27-34-25-17-12-16-24-32-22-14-10-8-6-4-5-7-9-11-15-23-33-26-18-13-19-30-36/h30,32-35H,4-29,31H2,1-3H3. The van der Waals surface area contributed by atoms with E-state index in [1.54, 1.807) is 0 Å². The van der Waals surface area contributed by atoms with E-state index in [-0.39, 0.29) is 0 Å². The molecule has 0 unspecified atom stereocenters. The Labute approximate surface area is 233 Å². The van der Waals surface area contributed by atoms with Gasteiger partial charge in [-0.2, -0.15) is 0 Å². The number of carbonyl (C=O) groups is 1.